The van der Waals surface area contributed by atoms with Gasteiger partial charge in [-0.25, -0.2) is 4.98 Å². The van der Waals surface area contributed by atoms with Crippen molar-refractivity contribution < 1.29 is 4.42 Å². The summed E-state index contributed by atoms with van der Waals surface area (Å²) in [5.41, 5.74) is 8.68. The Hall–Kier alpha value is -1.35. The van der Waals surface area contributed by atoms with E-state index in [2.05, 4.69) is 24.9 Å². The molecule has 0 bridgehead atoms. The molecule has 1 unspecified atom stereocenters. The maximum atomic E-state index is 5.78. The number of fused-ring (bicyclic) bond motifs is 1. The van der Waals surface area contributed by atoms with Crippen molar-refractivity contribution in [1.29, 1.82) is 0 Å². The van der Waals surface area contributed by atoms with Gasteiger partial charge >= 0.3 is 0 Å². The Kier molecular flexibility index (Phi) is 4.37. The molecule has 0 aliphatic carbocycles. The number of benzene rings is 1. The van der Waals surface area contributed by atoms with E-state index in [0.717, 1.165) is 42.8 Å². The van der Waals surface area contributed by atoms with E-state index in [4.69, 9.17) is 10.2 Å². The van der Waals surface area contributed by atoms with E-state index in [0.29, 0.717) is 5.92 Å². The largest absolute Gasteiger partial charge is 0.441 e. The van der Waals surface area contributed by atoms with Crippen LogP contribution in [0.15, 0.2) is 22.6 Å². The van der Waals surface area contributed by atoms with Crippen molar-refractivity contribution in [3.8, 4) is 0 Å². The van der Waals surface area contributed by atoms with Crippen molar-refractivity contribution in [2.75, 3.05) is 6.54 Å². The Morgan fingerprint density at radius 3 is 2.89 bits per heavy atom. The molecule has 0 fully saturated rings. The molecule has 3 nitrogen and oxygen atoms in total. The highest BCUT2D eigenvalue weighted by Crippen LogP contribution is 2.20. The smallest absolute Gasteiger partial charge is 0.195 e. The maximum Gasteiger partial charge on any atom is 0.195 e. The highest BCUT2D eigenvalue weighted by atomic mass is 16.3. The molecule has 0 radical (unpaired) electrons. The van der Waals surface area contributed by atoms with Gasteiger partial charge in [-0.05, 0) is 49.9 Å². The Labute approximate surface area is 108 Å². The van der Waals surface area contributed by atoms with Gasteiger partial charge in [0.15, 0.2) is 11.5 Å². The summed E-state index contributed by atoms with van der Waals surface area (Å²) >= 11 is 0. The summed E-state index contributed by atoms with van der Waals surface area (Å²) in [5, 5.41) is 0. The first kappa shape index (κ1) is 13.1. The number of hydrogen-bond acceptors (Lipinski definition) is 3. The first-order valence-corrected chi connectivity index (χ1v) is 6.79. The topological polar surface area (TPSA) is 52.0 Å². The third kappa shape index (κ3) is 3.10. The molecule has 2 N–H and O–H groups in total. The number of oxazole rings is 1. The first-order chi connectivity index (χ1) is 8.72. The normalized spacial score (nSPS) is 13.1. The van der Waals surface area contributed by atoms with Crippen LogP contribution in [-0.4, -0.2) is 11.5 Å². The summed E-state index contributed by atoms with van der Waals surface area (Å²) in [5.74, 6) is 1.54. The van der Waals surface area contributed by atoms with Gasteiger partial charge in [0.2, 0.25) is 0 Å². The van der Waals surface area contributed by atoms with Crippen molar-refractivity contribution in [2.24, 2.45) is 11.7 Å². The molecule has 0 aliphatic heterocycles. The minimum absolute atomic E-state index is 0.687. The Morgan fingerprint density at radius 1 is 1.33 bits per heavy atom. The fourth-order valence-corrected chi connectivity index (χ4v) is 2.30. The van der Waals surface area contributed by atoms with Crippen LogP contribution >= 0.6 is 0 Å². The lowest BCUT2D eigenvalue weighted by Crippen LogP contribution is -2.09. The lowest BCUT2D eigenvalue weighted by Gasteiger charge is -2.11. The molecule has 3 heteroatoms. The molecule has 98 valence electrons. The zero-order valence-corrected chi connectivity index (χ0v) is 11.3. The summed E-state index contributed by atoms with van der Waals surface area (Å²) in [7, 11) is 0. The van der Waals surface area contributed by atoms with E-state index >= 15 is 0 Å². The maximum absolute atomic E-state index is 5.78. The van der Waals surface area contributed by atoms with Crippen LogP contribution in [0, 0.1) is 12.8 Å². The van der Waals surface area contributed by atoms with Crippen molar-refractivity contribution >= 4 is 11.1 Å². The quantitative estimate of drug-likeness (QED) is 0.849. The van der Waals surface area contributed by atoms with E-state index in [-0.39, 0.29) is 0 Å². The van der Waals surface area contributed by atoms with Gasteiger partial charge < -0.3 is 10.2 Å². The molecule has 1 aromatic carbocycles. The summed E-state index contributed by atoms with van der Waals surface area (Å²) in [6, 6.07) is 6.13. The molecular weight excluding hydrogens is 224 g/mol. The second-order valence-electron chi connectivity index (χ2n) is 4.97. The Balaban J connectivity index is 2.03. The number of aromatic nitrogens is 1. The van der Waals surface area contributed by atoms with Gasteiger partial charge in [0.05, 0.1) is 0 Å². The minimum atomic E-state index is 0.687. The van der Waals surface area contributed by atoms with Crippen LogP contribution in [0.3, 0.4) is 0 Å². The second-order valence-corrected chi connectivity index (χ2v) is 4.97. The first-order valence-electron chi connectivity index (χ1n) is 6.79. The third-order valence-electron chi connectivity index (χ3n) is 3.51. The van der Waals surface area contributed by atoms with E-state index in [1.807, 2.05) is 12.1 Å². The van der Waals surface area contributed by atoms with Crippen LogP contribution in [0.2, 0.25) is 0 Å². The predicted octanol–water partition coefficient (Wildman–Crippen LogP) is 3.44. The molecule has 0 saturated carbocycles. The van der Waals surface area contributed by atoms with Gasteiger partial charge in [-0.15, -0.1) is 0 Å². The van der Waals surface area contributed by atoms with Crippen molar-refractivity contribution in [3.63, 3.8) is 0 Å². The van der Waals surface area contributed by atoms with E-state index in [1.165, 1.54) is 12.0 Å². The fraction of sp³-hybridized carbons (Fsp3) is 0.533. The second kappa shape index (κ2) is 6.01. The standard InChI is InChI=1S/C15H22N2O/c1-3-12(8-9-16)5-7-15-17-13-6-4-11(2)10-14(13)18-15/h4,6,10,12H,3,5,7-9,16H2,1-2H3. The van der Waals surface area contributed by atoms with Crippen LogP contribution in [0.5, 0.6) is 0 Å². The number of rotatable bonds is 6. The molecule has 0 spiro atoms. The average molecular weight is 246 g/mol. The highest BCUT2D eigenvalue weighted by molar-refractivity contribution is 5.73. The summed E-state index contributed by atoms with van der Waals surface area (Å²) in [4.78, 5) is 4.52. The van der Waals surface area contributed by atoms with E-state index in [1.54, 1.807) is 0 Å². The molecule has 0 saturated heterocycles. The van der Waals surface area contributed by atoms with Crippen LogP contribution in [0.4, 0.5) is 0 Å². The number of nitrogens with zero attached hydrogens (tertiary/aromatic N) is 1. The van der Waals surface area contributed by atoms with Gasteiger partial charge in [-0.3, -0.25) is 0 Å². The van der Waals surface area contributed by atoms with Crippen molar-refractivity contribution in [1.82, 2.24) is 4.98 Å². The molecule has 1 aromatic heterocycles. The number of aryl methyl sites for hydroxylation is 2. The van der Waals surface area contributed by atoms with E-state index in [9.17, 15) is 0 Å². The molecule has 0 amide bonds. The highest BCUT2D eigenvalue weighted by Gasteiger charge is 2.10. The monoisotopic (exact) mass is 246 g/mol. The number of hydrogen-bond donors (Lipinski definition) is 1. The van der Waals surface area contributed by atoms with Crippen LogP contribution in [0.25, 0.3) is 11.1 Å². The van der Waals surface area contributed by atoms with Gasteiger partial charge in [0.25, 0.3) is 0 Å². The van der Waals surface area contributed by atoms with Crippen LogP contribution in [-0.2, 0) is 6.42 Å². The molecule has 0 aliphatic rings. The van der Waals surface area contributed by atoms with E-state index < -0.39 is 0 Å². The van der Waals surface area contributed by atoms with Crippen molar-refractivity contribution in [3.05, 3.63) is 29.7 Å². The molecule has 2 rings (SSSR count). The third-order valence-corrected chi connectivity index (χ3v) is 3.51. The summed E-state index contributed by atoms with van der Waals surface area (Å²) in [6.45, 7) is 5.05. The van der Waals surface area contributed by atoms with Gasteiger partial charge in [-0.1, -0.05) is 19.4 Å². The van der Waals surface area contributed by atoms with Crippen LogP contribution < -0.4 is 5.73 Å². The zero-order valence-electron chi connectivity index (χ0n) is 11.3. The zero-order chi connectivity index (χ0) is 13.0. The predicted molar refractivity (Wildman–Crippen MR) is 74.5 cm³/mol. The fourth-order valence-electron chi connectivity index (χ4n) is 2.30. The molecular formula is C15H22N2O. The molecule has 18 heavy (non-hydrogen) atoms. The van der Waals surface area contributed by atoms with Gasteiger partial charge in [0.1, 0.15) is 5.52 Å². The van der Waals surface area contributed by atoms with Crippen LogP contribution in [0.1, 0.15) is 37.6 Å². The SMILES string of the molecule is CCC(CCN)CCc1nc2ccc(C)cc2o1. The molecule has 2 aromatic rings. The minimum Gasteiger partial charge on any atom is -0.441 e. The lowest BCUT2D eigenvalue weighted by molar-refractivity contribution is 0.414. The average Bonchev–Trinajstić information content (AvgIpc) is 2.76. The Bertz CT molecular complexity index is 504. The Morgan fingerprint density at radius 2 is 2.17 bits per heavy atom. The van der Waals surface area contributed by atoms with Gasteiger partial charge in [0, 0.05) is 6.42 Å². The number of nitrogens with two attached hydrogens (primary N) is 1. The summed E-state index contributed by atoms with van der Waals surface area (Å²) < 4.78 is 5.78. The molecule has 1 heterocycles. The van der Waals surface area contributed by atoms with Gasteiger partial charge in [-0.2, -0.15) is 0 Å². The van der Waals surface area contributed by atoms with Crippen molar-refractivity contribution in [2.45, 2.75) is 39.5 Å². The summed E-state index contributed by atoms with van der Waals surface area (Å²) in [6.07, 6.45) is 4.29. The lowest BCUT2D eigenvalue weighted by atomic mass is 9.97. The molecule has 1 atom stereocenters.